The first-order chi connectivity index (χ1) is 8.56. The number of halogens is 1. The van der Waals surface area contributed by atoms with Crippen LogP contribution >= 0.6 is 0 Å². The topological polar surface area (TPSA) is 49.3 Å². The van der Waals surface area contributed by atoms with Crippen molar-refractivity contribution in [2.45, 2.75) is 38.6 Å². The first-order valence-electron chi connectivity index (χ1n) is 6.35. The van der Waals surface area contributed by atoms with Crippen molar-refractivity contribution in [2.24, 2.45) is 5.92 Å². The highest BCUT2D eigenvalue weighted by molar-refractivity contribution is 5.88. The zero-order chi connectivity index (χ0) is 13.1. The number of nitrogens with one attached hydrogen (secondary N) is 1. The number of hydrogen-bond donors (Lipinski definition) is 2. The van der Waals surface area contributed by atoms with E-state index in [0.717, 1.165) is 31.6 Å². The second kappa shape index (κ2) is 5.38. The molecule has 0 bridgehead atoms. The van der Waals surface area contributed by atoms with E-state index in [9.17, 15) is 9.18 Å². The Morgan fingerprint density at radius 3 is 2.61 bits per heavy atom. The molecule has 0 amide bonds. The van der Waals surface area contributed by atoms with E-state index in [2.05, 4.69) is 12.2 Å². The molecule has 0 atom stereocenters. The summed E-state index contributed by atoms with van der Waals surface area (Å²) >= 11 is 0. The molecule has 1 aromatic carbocycles. The third-order valence-corrected chi connectivity index (χ3v) is 3.59. The quantitative estimate of drug-likeness (QED) is 0.864. The zero-order valence-corrected chi connectivity index (χ0v) is 10.4. The number of carboxylic acids is 1. The summed E-state index contributed by atoms with van der Waals surface area (Å²) in [4.78, 5) is 10.8. The van der Waals surface area contributed by atoms with E-state index < -0.39 is 11.8 Å². The molecule has 0 unspecified atom stereocenters. The summed E-state index contributed by atoms with van der Waals surface area (Å²) in [5.74, 6) is -0.688. The van der Waals surface area contributed by atoms with Gasteiger partial charge in [0.25, 0.3) is 0 Å². The fraction of sp³-hybridized carbons (Fsp3) is 0.500. The van der Waals surface area contributed by atoms with E-state index in [-0.39, 0.29) is 11.6 Å². The van der Waals surface area contributed by atoms with Crippen molar-refractivity contribution in [3.8, 4) is 0 Å². The Labute approximate surface area is 106 Å². The Morgan fingerprint density at radius 1 is 1.33 bits per heavy atom. The van der Waals surface area contributed by atoms with Gasteiger partial charge in [-0.15, -0.1) is 0 Å². The summed E-state index contributed by atoms with van der Waals surface area (Å²) < 4.78 is 13.6. The number of carbonyl (C=O) groups is 1. The molecule has 0 saturated heterocycles. The van der Waals surface area contributed by atoms with Crippen LogP contribution in [-0.4, -0.2) is 17.1 Å². The van der Waals surface area contributed by atoms with Gasteiger partial charge in [0.1, 0.15) is 5.82 Å². The molecule has 1 aromatic rings. The predicted octanol–water partition coefficient (Wildman–Crippen LogP) is 3.51. The number of rotatable bonds is 3. The molecule has 18 heavy (non-hydrogen) atoms. The Morgan fingerprint density at radius 2 is 2.00 bits per heavy atom. The molecule has 1 aliphatic rings. The first kappa shape index (κ1) is 12.9. The summed E-state index contributed by atoms with van der Waals surface area (Å²) in [6.07, 6.45) is 4.30. The summed E-state index contributed by atoms with van der Waals surface area (Å²) in [6.45, 7) is 2.22. The van der Waals surface area contributed by atoms with E-state index in [0.29, 0.717) is 5.69 Å². The zero-order valence-electron chi connectivity index (χ0n) is 10.4. The number of hydrogen-bond acceptors (Lipinski definition) is 2. The van der Waals surface area contributed by atoms with Crippen molar-refractivity contribution >= 4 is 11.7 Å². The first-order valence-corrected chi connectivity index (χ1v) is 6.35. The van der Waals surface area contributed by atoms with Crippen molar-refractivity contribution in [3.05, 3.63) is 29.6 Å². The summed E-state index contributed by atoms with van der Waals surface area (Å²) in [6, 6.07) is 4.11. The third kappa shape index (κ3) is 3.00. The lowest BCUT2D eigenvalue weighted by molar-refractivity contribution is 0.0697. The van der Waals surface area contributed by atoms with Crippen LogP contribution in [0.3, 0.4) is 0 Å². The number of anilines is 1. The van der Waals surface area contributed by atoms with Gasteiger partial charge in [0.15, 0.2) is 0 Å². The molecule has 0 heterocycles. The molecule has 4 heteroatoms. The monoisotopic (exact) mass is 251 g/mol. The van der Waals surface area contributed by atoms with Gasteiger partial charge in [-0.1, -0.05) is 6.92 Å². The highest BCUT2D eigenvalue weighted by Gasteiger charge is 2.19. The molecule has 0 aromatic heterocycles. The van der Waals surface area contributed by atoms with Gasteiger partial charge in [-0.05, 0) is 49.8 Å². The summed E-state index contributed by atoms with van der Waals surface area (Å²) in [5.41, 5.74) is 0.414. The van der Waals surface area contributed by atoms with E-state index in [1.54, 1.807) is 0 Å². The number of benzene rings is 1. The third-order valence-electron chi connectivity index (χ3n) is 3.59. The smallest absolute Gasteiger partial charge is 0.335 e. The van der Waals surface area contributed by atoms with Crippen LogP contribution < -0.4 is 5.32 Å². The molecule has 1 aliphatic carbocycles. The highest BCUT2D eigenvalue weighted by atomic mass is 19.1. The molecular weight excluding hydrogens is 233 g/mol. The molecule has 0 spiro atoms. The van der Waals surface area contributed by atoms with Crippen molar-refractivity contribution < 1.29 is 14.3 Å². The largest absolute Gasteiger partial charge is 0.478 e. The van der Waals surface area contributed by atoms with Crippen LogP contribution in [-0.2, 0) is 0 Å². The molecule has 1 saturated carbocycles. The minimum absolute atomic E-state index is 0.114. The Balaban J connectivity index is 2.08. The second-order valence-corrected chi connectivity index (χ2v) is 5.10. The molecule has 1 fully saturated rings. The summed E-state index contributed by atoms with van der Waals surface area (Å²) in [7, 11) is 0. The standard InChI is InChI=1S/C14H18FNO2/c1-9-2-5-11(6-3-9)16-13-8-10(14(17)18)4-7-12(13)15/h4,7-9,11,16H,2-3,5-6H2,1H3,(H,17,18). The average molecular weight is 251 g/mol. The minimum Gasteiger partial charge on any atom is -0.478 e. The van der Waals surface area contributed by atoms with Crippen molar-refractivity contribution in [1.82, 2.24) is 0 Å². The van der Waals surface area contributed by atoms with Crippen LogP contribution in [0.5, 0.6) is 0 Å². The van der Waals surface area contributed by atoms with Crippen LogP contribution in [0.4, 0.5) is 10.1 Å². The Hall–Kier alpha value is -1.58. The molecule has 0 radical (unpaired) electrons. The molecule has 2 rings (SSSR count). The van der Waals surface area contributed by atoms with E-state index in [1.807, 2.05) is 0 Å². The van der Waals surface area contributed by atoms with Crippen LogP contribution in [0, 0.1) is 11.7 Å². The van der Waals surface area contributed by atoms with E-state index in [1.165, 1.54) is 18.2 Å². The minimum atomic E-state index is -1.03. The maximum Gasteiger partial charge on any atom is 0.335 e. The van der Waals surface area contributed by atoms with Gasteiger partial charge in [-0.25, -0.2) is 9.18 Å². The van der Waals surface area contributed by atoms with Gasteiger partial charge in [0, 0.05) is 6.04 Å². The van der Waals surface area contributed by atoms with Crippen LogP contribution in [0.15, 0.2) is 18.2 Å². The van der Waals surface area contributed by atoms with E-state index >= 15 is 0 Å². The van der Waals surface area contributed by atoms with Crippen molar-refractivity contribution in [2.75, 3.05) is 5.32 Å². The molecule has 2 N–H and O–H groups in total. The van der Waals surface area contributed by atoms with Gasteiger partial charge in [0.2, 0.25) is 0 Å². The number of aromatic carboxylic acids is 1. The highest BCUT2D eigenvalue weighted by Crippen LogP contribution is 2.27. The average Bonchev–Trinajstić information content (AvgIpc) is 2.34. The van der Waals surface area contributed by atoms with Gasteiger partial charge >= 0.3 is 5.97 Å². The lowest BCUT2D eigenvalue weighted by Gasteiger charge is -2.27. The second-order valence-electron chi connectivity index (χ2n) is 5.10. The number of carboxylic acid groups (broad SMARTS) is 1. The van der Waals surface area contributed by atoms with Gasteiger partial charge in [-0.2, -0.15) is 0 Å². The fourth-order valence-corrected chi connectivity index (χ4v) is 2.39. The lowest BCUT2D eigenvalue weighted by atomic mass is 9.87. The Bertz CT molecular complexity index is 439. The van der Waals surface area contributed by atoms with Gasteiger partial charge < -0.3 is 10.4 Å². The fourth-order valence-electron chi connectivity index (χ4n) is 2.39. The molecular formula is C14H18FNO2. The van der Waals surface area contributed by atoms with Gasteiger partial charge in [0.05, 0.1) is 11.3 Å². The summed E-state index contributed by atoms with van der Waals surface area (Å²) in [5, 5.41) is 12.0. The van der Waals surface area contributed by atoms with Crippen LogP contribution in [0.2, 0.25) is 0 Å². The maximum absolute atomic E-state index is 13.6. The Kier molecular flexibility index (Phi) is 3.84. The van der Waals surface area contributed by atoms with E-state index in [4.69, 9.17) is 5.11 Å². The lowest BCUT2D eigenvalue weighted by Crippen LogP contribution is -2.25. The maximum atomic E-state index is 13.6. The molecule has 98 valence electrons. The van der Waals surface area contributed by atoms with Gasteiger partial charge in [-0.3, -0.25) is 0 Å². The van der Waals surface area contributed by atoms with Crippen LogP contribution in [0.25, 0.3) is 0 Å². The van der Waals surface area contributed by atoms with Crippen molar-refractivity contribution in [1.29, 1.82) is 0 Å². The normalized spacial score (nSPS) is 23.7. The van der Waals surface area contributed by atoms with Crippen molar-refractivity contribution in [3.63, 3.8) is 0 Å². The molecule has 0 aliphatic heterocycles. The van der Waals surface area contributed by atoms with Crippen LogP contribution in [0.1, 0.15) is 43.0 Å². The SMILES string of the molecule is CC1CCC(Nc2cc(C(=O)O)ccc2F)CC1. The predicted molar refractivity (Wildman–Crippen MR) is 68.4 cm³/mol. The molecule has 3 nitrogen and oxygen atoms in total.